The summed E-state index contributed by atoms with van der Waals surface area (Å²) in [7, 11) is 0. The summed E-state index contributed by atoms with van der Waals surface area (Å²) in [6, 6.07) is 19.3. The van der Waals surface area contributed by atoms with E-state index in [1.807, 2.05) is 81.6 Å². The molecule has 7 nitrogen and oxygen atoms in total. The third kappa shape index (κ3) is 5.40. The van der Waals surface area contributed by atoms with Gasteiger partial charge in [-0.15, -0.1) is 5.10 Å². The third-order valence-corrected chi connectivity index (χ3v) is 5.65. The van der Waals surface area contributed by atoms with Crippen molar-refractivity contribution in [1.82, 2.24) is 24.6 Å². The molecule has 0 fully saturated rings. The molecule has 0 amide bonds. The van der Waals surface area contributed by atoms with Crippen molar-refractivity contribution in [2.24, 2.45) is 0 Å². The van der Waals surface area contributed by atoms with Crippen LogP contribution in [0.4, 0.5) is 20.3 Å². The van der Waals surface area contributed by atoms with Crippen LogP contribution in [0.15, 0.2) is 79.3 Å². The number of hydrogen-bond donors (Lipinski definition) is 2. The summed E-state index contributed by atoms with van der Waals surface area (Å²) in [5.74, 6) is 0.958. The van der Waals surface area contributed by atoms with Crippen molar-refractivity contribution in [3.63, 3.8) is 0 Å². The first-order chi connectivity index (χ1) is 17.8. The summed E-state index contributed by atoms with van der Waals surface area (Å²) in [5.41, 5.74) is 3.69. The number of benzene rings is 1. The lowest BCUT2D eigenvalue weighted by Crippen LogP contribution is -2.27. The topological polar surface area (TPSA) is 80.0 Å². The van der Waals surface area contributed by atoms with Crippen LogP contribution in [0, 0.1) is 0 Å². The Morgan fingerprint density at radius 3 is 2.43 bits per heavy atom. The van der Waals surface area contributed by atoms with Gasteiger partial charge in [0, 0.05) is 35.3 Å². The summed E-state index contributed by atoms with van der Waals surface area (Å²) >= 11 is 0. The zero-order valence-electron chi connectivity index (χ0n) is 20.8. The molecule has 9 heteroatoms. The van der Waals surface area contributed by atoms with Gasteiger partial charge in [0.2, 0.25) is 0 Å². The number of halogens is 2. The van der Waals surface area contributed by atoms with Gasteiger partial charge in [0.15, 0.2) is 11.6 Å². The highest BCUT2D eigenvalue weighted by atomic mass is 19.3. The summed E-state index contributed by atoms with van der Waals surface area (Å²) < 4.78 is 29.1. The lowest BCUT2D eigenvalue weighted by atomic mass is 10.1. The molecule has 2 N–H and O–H groups in total. The standard InChI is InChI=1S/C28H27F2N7/c1-28(2,3)35-22-15-19(16-32-23(22)25(29)30)26-34-27(33-17-20-11-7-8-13-31-20)24-21(12-14-37(24)36-26)18-9-5-4-6-10-18/h4-16,25,35H,17H2,1-3H3,(H,33,34,36). The minimum atomic E-state index is -2.71. The van der Waals surface area contributed by atoms with E-state index in [1.165, 1.54) is 6.20 Å². The van der Waals surface area contributed by atoms with Crippen LogP contribution < -0.4 is 10.6 Å². The number of alkyl halides is 2. The number of aromatic nitrogens is 5. The fourth-order valence-corrected chi connectivity index (χ4v) is 4.07. The second-order valence-electron chi connectivity index (χ2n) is 9.68. The van der Waals surface area contributed by atoms with Gasteiger partial charge in [-0.2, -0.15) is 0 Å². The zero-order chi connectivity index (χ0) is 26.0. The van der Waals surface area contributed by atoms with Crippen LogP contribution in [-0.2, 0) is 6.54 Å². The quantitative estimate of drug-likeness (QED) is 0.262. The van der Waals surface area contributed by atoms with E-state index in [9.17, 15) is 8.78 Å². The maximum atomic E-state index is 13.7. The average molecular weight is 500 g/mol. The van der Waals surface area contributed by atoms with Crippen molar-refractivity contribution in [3.05, 3.63) is 90.6 Å². The van der Waals surface area contributed by atoms with E-state index in [-0.39, 0.29) is 11.4 Å². The molecule has 0 unspecified atom stereocenters. The largest absolute Gasteiger partial charge is 0.379 e. The van der Waals surface area contributed by atoms with Crippen LogP contribution in [0.25, 0.3) is 28.0 Å². The highest BCUT2D eigenvalue weighted by Gasteiger charge is 2.22. The van der Waals surface area contributed by atoms with E-state index in [4.69, 9.17) is 10.1 Å². The van der Waals surface area contributed by atoms with E-state index in [0.717, 1.165) is 22.3 Å². The molecule has 0 atom stereocenters. The number of rotatable bonds is 7. The van der Waals surface area contributed by atoms with Gasteiger partial charge >= 0.3 is 0 Å². The van der Waals surface area contributed by atoms with Gasteiger partial charge in [0.05, 0.1) is 17.9 Å². The molecular formula is C28H27F2N7. The predicted molar refractivity (Wildman–Crippen MR) is 142 cm³/mol. The van der Waals surface area contributed by atoms with Crippen molar-refractivity contribution in [2.75, 3.05) is 10.6 Å². The first-order valence-corrected chi connectivity index (χ1v) is 11.9. The summed E-state index contributed by atoms with van der Waals surface area (Å²) in [4.78, 5) is 13.3. The molecule has 0 bridgehead atoms. The summed E-state index contributed by atoms with van der Waals surface area (Å²) in [5, 5.41) is 11.3. The Hall–Kier alpha value is -4.40. The molecule has 0 saturated carbocycles. The van der Waals surface area contributed by atoms with Gasteiger partial charge in [0.1, 0.15) is 11.2 Å². The van der Waals surface area contributed by atoms with Crippen LogP contribution in [-0.4, -0.2) is 30.1 Å². The monoisotopic (exact) mass is 499 g/mol. The molecule has 0 radical (unpaired) electrons. The number of anilines is 2. The van der Waals surface area contributed by atoms with Crippen molar-refractivity contribution in [1.29, 1.82) is 0 Å². The Morgan fingerprint density at radius 2 is 1.73 bits per heavy atom. The van der Waals surface area contributed by atoms with Gasteiger partial charge in [-0.05, 0) is 50.6 Å². The Balaban J connectivity index is 1.63. The van der Waals surface area contributed by atoms with E-state index in [2.05, 4.69) is 20.6 Å². The SMILES string of the molecule is CC(C)(C)Nc1cc(-c2nc(NCc3ccccn3)c3c(-c4ccccc4)ccn3n2)cnc1C(F)F. The lowest BCUT2D eigenvalue weighted by molar-refractivity contribution is 0.147. The number of pyridine rings is 2. The summed E-state index contributed by atoms with van der Waals surface area (Å²) in [6.07, 6.45) is 2.28. The molecule has 5 rings (SSSR count). The Labute approximate surface area is 213 Å². The van der Waals surface area contributed by atoms with Gasteiger partial charge in [0.25, 0.3) is 6.43 Å². The third-order valence-electron chi connectivity index (χ3n) is 5.65. The number of fused-ring (bicyclic) bond motifs is 1. The molecule has 0 spiro atoms. The van der Waals surface area contributed by atoms with Gasteiger partial charge in [-0.3, -0.25) is 9.97 Å². The number of nitrogens with zero attached hydrogens (tertiary/aromatic N) is 5. The predicted octanol–water partition coefficient (Wildman–Crippen LogP) is 6.61. The van der Waals surface area contributed by atoms with Crippen molar-refractivity contribution < 1.29 is 8.78 Å². The normalized spacial score (nSPS) is 11.7. The smallest absolute Gasteiger partial charge is 0.282 e. The van der Waals surface area contributed by atoms with Crippen LogP contribution in [0.3, 0.4) is 0 Å². The van der Waals surface area contributed by atoms with Gasteiger partial charge < -0.3 is 10.6 Å². The van der Waals surface area contributed by atoms with Crippen LogP contribution in [0.2, 0.25) is 0 Å². The van der Waals surface area contributed by atoms with Crippen molar-refractivity contribution in [3.8, 4) is 22.5 Å². The molecule has 0 saturated heterocycles. The van der Waals surface area contributed by atoms with E-state index >= 15 is 0 Å². The zero-order valence-corrected chi connectivity index (χ0v) is 20.8. The Bertz CT molecular complexity index is 1510. The fraction of sp³-hybridized carbons (Fsp3) is 0.214. The molecule has 5 aromatic rings. The molecule has 1 aromatic carbocycles. The number of hydrogen-bond acceptors (Lipinski definition) is 6. The van der Waals surface area contributed by atoms with Crippen molar-refractivity contribution in [2.45, 2.75) is 39.3 Å². The van der Waals surface area contributed by atoms with Gasteiger partial charge in [-0.25, -0.2) is 18.3 Å². The van der Waals surface area contributed by atoms with Gasteiger partial charge in [-0.1, -0.05) is 36.4 Å². The molecule has 0 aliphatic carbocycles. The van der Waals surface area contributed by atoms with Crippen LogP contribution in [0.1, 0.15) is 38.6 Å². The number of nitrogens with one attached hydrogen (secondary N) is 2. The minimum Gasteiger partial charge on any atom is -0.379 e. The fourth-order valence-electron chi connectivity index (χ4n) is 4.07. The average Bonchev–Trinajstić information content (AvgIpc) is 3.31. The van der Waals surface area contributed by atoms with E-state index in [1.54, 1.807) is 16.8 Å². The van der Waals surface area contributed by atoms with E-state index in [0.29, 0.717) is 23.8 Å². The highest BCUT2D eigenvalue weighted by molar-refractivity contribution is 5.89. The van der Waals surface area contributed by atoms with Crippen LogP contribution in [0.5, 0.6) is 0 Å². The summed E-state index contributed by atoms with van der Waals surface area (Å²) in [6.45, 7) is 6.16. The Kier molecular flexibility index (Phi) is 6.52. The second-order valence-corrected chi connectivity index (χ2v) is 9.68. The molecule has 37 heavy (non-hydrogen) atoms. The molecule has 4 aromatic heterocycles. The first kappa shape index (κ1) is 24.3. The molecule has 4 heterocycles. The second kappa shape index (κ2) is 9.93. The molecule has 0 aliphatic rings. The molecule has 188 valence electrons. The first-order valence-electron chi connectivity index (χ1n) is 11.9. The maximum absolute atomic E-state index is 13.7. The molecular weight excluding hydrogens is 472 g/mol. The van der Waals surface area contributed by atoms with Crippen molar-refractivity contribution >= 4 is 17.0 Å². The highest BCUT2D eigenvalue weighted by Crippen LogP contribution is 2.33. The van der Waals surface area contributed by atoms with Crippen LogP contribution >= 0.6 is 0 Å². The maximum Gasteiger partial charge on any atom is 0.282 e. The Morgan fingerprint density at radius 1 is 0.946 bits per heavy atom. The van der Waals surface area contributed by atoms with E-state index < -0.39 is 12.0 Å². The molecule has 0 aliphatic heterocycles. The lowest BCUT2D eigenvalue weighted by Gasteiger charge is -2.24. The minimum absolute atomic E-state index is 0.254.